The van der Waals surface area contributed by atoms with E-state index in [0.717, 1.165) is 6.42 Å². The molecule has 3 rings (SSSR count). The number of methoxy groups -OCH3 is 1. The first-order chi connectivity index (χ1) is 13.4. The SMILES string of the molecule is CCCn1c(NC(O)c2oc(C)nc2CC)nc2cc(C(N)=O)cc(OC)c21. The van der Waals surface area contributed by atoms with Crippen LogP contribution in [-0.2, 0) is 13.0 Å². The number of anilines is 1. The number of benzene rings is 1. The van der Waals surface area contributed by atoms with Gasteiger partial charge in [0.2, 0.25) is 11.9 Å². The van der Waals surface area contributed by atoms with Crippen molar-refractivity contribution >= 4 is 22.9 Å². The lowest BCUT2D eigenvalue weighted by molar-refractivity contribution is 0.1000. The monoisotopic (exact) mass is 387 g/mol. The number of nitrogens with one attached hydrogen (secondary N) is 1. The van der Waals surface area contributed by atoms with Gasteiger partial charge in [0.1, 0.15) is 11.3 Å². The van der Waals surface area contributed by atoms with Crippen LogP contribution in [0.4, 0.5) is 5.95 Å². The van der Waals surface area contributed by atoms with Gasteiger partial charge >= 0.3 is 0 Å². The molecule has 1 amide bonds. The van der Waals surface area contributed by atoms with Crippen LogP contribution in [0, 0.1) is 6.92 Å². The Hall–Kier alpha value is -3.07. The van der Waals surface area contributed by atoms with Crippen molar-refractivity contribution in [2.24, 2.45) is 5.73 Å². The number of nitrogens with two attached hydrogens (primary N) is 1. The van der Waals surface area contributed by atoms with Gasteiger partial charge in [0.25, 0.3) is 0 Å². The quantitative estimate of drug-likeness (QED) is 0.507. The maximum atomic E-state index is 11.6. The minimum absolute atomic E-state index is 0.303. The zero-order valence-electron chi connectivity index (χ0n) is 16.4. The molecule has 1 unspecified atom stereocenters. The Bertz CT molecular complexity index is 1010. The minimum atomic E-state index is -1.12. The van der Waals surface area contributed by atoms with Gasteiger partial charge in [0.05, 0.1) is 18.3 Å². The van der Waals surface area contributed by atoms with E-state index in [2.05, 4.69) is 15.3 Å². The second kappa shape index (κ2) is 7.89. The van der Waals surface area contributed by atoms with Crippen molar-refractivity contribution in [3.63, 3.8) is 0 Å². The fourth-order valence-electron chi connectivity index (χ4n) is 3.22. The number of primary amides is 1. The van der Waals surface area contributed by atoms with E-state index in [0.29, 0.717) is 58.6 Å². The molecule has 0 saturated heterocycles. The number of amides is 1. The van der Waals surface area contributed by atoms with Gasteiger partial charge in [0, 0.05) is 19.0 Å². The summed E-state index contributed by atoms with van der Waals surface area (Å²) >= 11 is 0. The van der Waals surface area contributed by atoms with E-state index < -0.39 is 12.1 Å². The number of aromatic nitrogens is 3. The molecule has 2 heterocycles. The Morgan fingerprint density at radius 3 is 2.75 bits per heavy atom. The van der Waals surface area contributed by atoms with Crippen LogP contribution < -0.4 is 15.8 Å². The largest absolute Gasteiger partial charge is 0.494 e. The maximum Gasteiger partial charge on any atom is 0.248 e. The molecule has 0 aliphatic carbocycles. The number of rotatable bonds is 8. The molecule has 0 fully saturated rings. The van der Waals surface area contributed by atoms with Gasteiger partial charge in [-0.1, -0.05) is 13.8 Å². The topological polar surface area (TPSA) is 128 Å². The van der Waals surface area contributed by atoms with Crippen LogP contribution in [0.15, 0.2) is 16.5 Å². The third-order valence-electron chi connectivity index (χ3n) is 4.44. The van der Waals surface area contributed by atoms with E-state index in [-0.39, 0.29) is 0 Å². The van der Waals surface area contributed by atoms with Gasteiger partial charge < -0.3 is 29.9 Å². The standard InChI is InChI=1S/C19H25N5O4/c1-5-7-24-15-13(8-11(17(20)25)9-14(15)27-4)22-19(24)23-18(26)16-12(6-2)21-10(3)28-16/h8-9,18,26H,5-7H2,1-4H3,(H2,20,25)(H,22,23). The molecular weight excluding hydrogens is 362 g/mol. The smallest absolute Gasteiger partial charge is 0.248 e. The van der Waals surface area contributed by atoms with Crippen molar-refractivity contribution in [2.45, 2.75) is 46.4 Å². The number of carbonyl (C=O) groups excluding carboxylic acids is 1. The minimum Gasteiger partial charge on any atom is -0.494 e. The summed E-state index contributed by atoms with van der Waals surface area (Å²) in [6.07, 6.45) is 0.343. The van der Waals surface area contributed by atoms with E-state index >= 15 is 0 Å². The Morgan fingerprint density at radius 1 is 1.39 bits per heavy atom. The number of carbonyl (C=O) groups is 1. The molecule has 0 aliphatic rings. The van der Waals surface area contributed by atoms with Crippen LogP contribution in [0.2, 0.25) is 0 Å². The lowest BCUT2D eigenvalue weighted by atomic mass is 10.1. The number of imidazole rings is 1. The molecule has 2 aromatic heterocycles. The van der Waals surface area contributed by atoms with Gasteiger partial charge in [-0.25, -0.2) is 9.97 Å². The molecule has 0 spiro atoms. The molecule has 0 radical (unpaired) electrons. The third-order valence-corrected chi connectivity index (χ3v) is 4.44. The number of hydrogen-bond donors (Lipinski definition) is 3. The summed E-state index contributed by atoms with van der Waals surface area (Å²) < 4.78 is 12.9. The predicted octanol–water partition coefficient (Wildman–Crippen LogP) is 2.52. The highest BCUT2D eigenvalue weighted by molar-refractivity contribution is 5.98. The number of nitrogens with zero attached hydrogens (tertiary/aromatic N) is 3. The number of oxazole rings is 1. The third kappa shape index (κ3) is 3.53. The second-order valence-corrected chi connectivity index (χ2v) is 6.44. The van der Waals surface area contributed by atoms with Gasteiger partial charge in [-0.2, -0.15) is 0 Å². The summed E-state index contributed by atoms with van der Waals surface area (Å²) in [7, 11) is 1.52. The number of aryl methyl sites for hydroxylation is 3. The highest BCUT2D eigenvalue weighted by Crippen LogP contribution is 2.32. The highest BCUT2D eigenvalue weighted by Gasteiger charge is 2.23. The molecule has 0 aliphatic heterocycles. The lowest BCUT2D eigenvalue weighted by Crippen LogP contribution is -2.15. The lowest BCUT2D eigenvalue weighted by Gasteiger charge is -2.15. The number of hydrogen-bond acceptors (Lipinski definition) is 7. The first-order valence-electron chi connectivity index (χ1n) is 9.18. The summed E-state index contributed by atoms with van der Waals surface area (Å²) in [5.41, 5.74) is 7.66. The Labute approximate surface area is 162 Å². The summed E-state index contributed by atoms with van der Waals surface area (Å²) in [6.45, 7) is 6.34. The van der Waals surface area contributed by atoms with E-state index in [1.807, 2.05) is 18.4 Å². The molecule has 3 aromatic rings. The van der Waals surface area contributed by atoms with Crippen LogP contribution in [0.25, 0.3) is 11.0 Å². The average molecular weight is 387 g/mol. The predicted molar refractivity (Wildman–Crippen MR) is 104 cm³/mol. The summed E-state index contributed by atoms with van der Waals surface area (Å²) in [5.74, 6) is 1.20. The van der Waals surface area contributed by atoms with Crippen molar-refractivity contribution in [3.8, 4) is 5.75 Å². The first kappa shape index (κ1) is 19.7. The van der Waals surface area contributed by atoms with Gasteiger partial charge in [-0.3, -0.25) is 4.79 Å². The van der Waals surface area contributed by atoms with E-state index in [9.17, 15) is 9.90 Å². The summed E-state index contributed by atoms with van der Waals surface area (Å²) in [6, 6.07) is 3.20. The highest BCUT2D eigenvalue weighted by atomic mass is 16.5. The van der Waals surface area contributed by atoms with Crippen molar-refractivity contribution in [1.29, 1.82) is 0 Å². The van der Waals surface area contributed by atoms with Crippen LogP contribution in [-0.4, -0.2) is 32.7 Å². The molecular formula is C19H25N5O4. The average Bonchev–Trinajstić information content (AvgIpc) is 3.21. The van der Waals surface area contributed by atoms with Crippen LogP contribution in [0.3, 0.4) is 0 Å². The summed E-state index contributed by atoms with van der Waals surface area (Å²) in [4.78, 5) is 20.5. The molecule has 4 N–H and O–H groups in total. The van der Waals surface area contributed by atoms with Gasteiger partial charge in [-0.15, -0.1) is 0 Å². The Kier molecular flexibility index (Phi) is 5.55. The van der Waals surface area contributed by atoms with Gasteiger partial charge in [-0.05, 0) is 25.0 Å². The zero-order valence-corrected chi connectivity index (χ0v) is 16.4. The fraction of sp³-hybridized carbons (Fsp3) is 0.421. The zero-order chi connectivity index (χ0) is 20.4. The van der Waals surface area contributed by atoms with Crippen molar-refractivity contribution in [1.82, 2.24) is 14.5 Å². The second-order valence-electron chi connectivity index (χ2n) is 6.44. The molecule has 28 heavy (non-hydrogen) atoms. The molecule has 9 nitrogen and oxygen atoms in total. The molecule has 150 valence electrons. The number of ether oxygens (including phenoxy) is 1. The van der Waals surface area contributed by atoms with Crippen LogP contribution >= 0.6 is 0 Å². The van der Waals surface area contributed by atoms with Gasteiger partial charge in [0.15, 0.2) is 17.9 Å². The van der Waals surface area contributed by atoms with Crippen molar-refractivity contribution in [2.75, 3.05) is 12.4 Å². The number of aliphatic hydroxyl groups is 1. The first-order valence-corrected chi connectivity index (χ1v) is 9.18. The van der Waals surface area contributed by atoms with E-state index in [4.69, 9.17) is 14.9 Å². The molecule has 9 heteroatoms. The molecule has 0 saturated carbocycles. The summed E-state index contributed by atoms with van der Waals surface area (Å²) in [5, 5.41) is 13.7. The molecule has 1 aromatic carbocycles. The van der Waals surface area contributed by atoms with Crippen LogP contribution in [0.5, 0.6) is 5.75 Å². The Balaban J connectivity index is 2.09. The molecule has 0 bridgehead atoms. The van der Waals surface area contributed by atoms with Crippen molar-refractivity contribution < 1.29 is 19.1 Å². The van der Waals surface area contributed by atoms with E-state index in [1.165, 1.54) is 7.11 Å². The fourth-order valence-corrected chi connectivity index (χ4v) is 3.22. The number of fused-ring (bicyclic) bond motifs is 1. The molecule has 1 atom stereocenters. The Morgan fingerprint density at radius 2 is 2.14 bits per heavy atom. The maximum absolute atomic E-state index is 11.6. The van der Waals surface area contributed by atoms with Crippen molar-refractivity contribution in [3.05, 3.63) is 35.0 Å². The van der Waals surface area contributed by atoms with E-state index in [1.54, 1.807) is 19.1 Å². The van der Waals surface area contributed by atoms with Crippen LogP contribution in [0.1, 0.15) is 54.2 Å². The normalized spacial score (nSPS) is 12.3. The number of aliphatic hydroxyl groups excluding tert-OH is 1.